The highest BCUT2D eigenvalue weighted by atomic mass is 16.1. The second kappa shape index (κ2) is 15.0. The molecule has 1 unspecified atom stereocenters. The Kier molecular flexibility index (Phi) is 13.4. The molecule has 0 radical (unpaired) electrons. The lowest BCUT2D eigenvalue weighted by molar-refractivity contribution is -0.119. The van der Waals surface area contributed by atoms with Crippen molar-refractivity contribution in [2.75, 3.05) is 0 Å². The van der Waals surface area contributed by atoms with Gasteiger partial charge in [0.25, 0.3) is 0 Å². The molecule has 162 valence electrons. The van der Waals surface area contributed by atoms with E-state index in [1.807, 2.05) is 13.8 Å². The molecule has 0 spiro atoms. The van der Waals surface area contributed by atoms with Crippen LogP contribution in [0.1, 0.15) is 137 Å². The summed E-state index contributed by atoms with van der Waals surface area (Å²) in [6, 6.07) is 0. The Morgan fingerprint density at radius 2 is 1.11 bits per heavy atom. The number of hydrogen-bond acceptors (Lipinski definition) is 2. The van der Waals surface area contributed by atoms with E-state index in [-0.39, 0.29) is 11.2 Å². The van der Waals surface area contributed by atoms with E-state index in [2.05, 4.69) is 24.9 Å². The van der Waals surface area contributed by atoms with Crippen LogP contribution in [0.3, 0.4) is 0 Å². The van der Waals surface area contributed by atoms with Crippen LogP contribution in [0, 0.1) is 5.41 Å². The third-order valence-electron chi connectivity index (χ3n) is 6.27. The lowest BCUT2D eigenvalue weighted by Gasteiger charge is -2.28. The van der Waals surface area contributed by atoms with Gasteiger partial charge in [-0.3, -0.25) is 9.79 Å². The van der Waals surface area contributed by atoms with Crippen molar-refractivity contribution in [1.29, 1.82) is 0 Å². The molecule has 0 aromatic rings. The van der Waals surface area contributed by atoms with E-state index in [9.17, 15) is 4.79 Å². The Balaban J connectivity index is 1.90. The van der Waals surface area contributed by atoms with Gasteiger partial charge >= 0.3 is 0 Å². The first kappa shape index (κ1) is 25.1. The lowest BCUT2D eigenvalue weighted by Crippen LogP contribution is -2.33. The molecule has 0 aliphatic carbocycles. The average molecular weight is 390 g/mol. The van der Waals surface area contributed by atoms with Crippen LogP contribution in [-0.2, 0) is 4.79 Å². The number of nitrogens with zero attached hydrogens (tertiary/aromatic N) is 1. The first-order valence-electron chi connectivity index (χ1n) is 12.3. The molecular formula is C26H47NO. The van der Waals surface area contributed by atoms with Gasteiger partial charge in [-0.15, -0.1) is 0 Å². The van der Waals surface area contributed by atoms with Gasteiger partial charge in [-0.25, -0.2) is 0 Å². The zero-order chi connectivity index (χ0) is 20.7. The van der Waals surface area contributed by atoms with Crippen molar-refractivity contribution in [1.82, 2.24) is 0 Å². The van der Waals surface area contributed by atoms with Crippen LogP contribution in [0.2, 0.25) is 0 Å². The number of aliphatic imine (C=N–C) groups is 1. The summed E-state index contributed by atoms with van der Waals surface area (Å²) in [5.74, 6) is 0.221. The van der Waals surface area contributed by atoms with Crippen LogP contribution in [0.15, 0.2) is 16.8 Å². The quantitative estimate of drug-likeness (QED) is 0.229. The molecule has 28 heavy (non-hydrogen) atoms. The fourth-order valence-electron chi connectivity index (χ4n) is 4.51. The van der Waals surface area contributed by atoms with E-state index >= 15 is 0 Å². The Morgan fingerprint density at radius 1 is 0.714 bits per heavy atom. The maximum atomic E-state index is 12.4. The zero-order valence-electron chi connectivity index (χ0n) is 19.5. The van der Waals surface area contributed by atoms with Crippen molar-refractivity contribution < 1.29 is 4.79 Å². The van der Waals surface area contributed by atoms with E-state index in [4.69, 9.17) is 0 Å². The van der Waals surface area contributed by atoms with Gasteiger partial charge in [-0.2, -0.15) is 0 Å². The van der Waals surface area contributed by atoms with Gasteiger partial charge in [0, 0.05) is 5.70 Å². The molecule has 1 aliphatic heterocycles. The second-order valence-electron chi connectivity index (χ2n) is 9.28. The van der Waals surface area contributed by atoms with Gasteiger partial charge in [0.1, 0.15) is 0 Å². The van der Waals surface area contributed by atoms with Gasteiger partial charge in [0.15, 0.2) is 5.78 Å². The topological polar surface area (TPSA) is 29.4 Å². The number of allylic oxidation sites excluding steroid dienone is 2. The predicted molar refractivity (Wildman–Crippen MR) is 124 cm³/mol. The number of rotatable bonds is 17. The summed E-state index contributed by atoms with van der Waals surface area (Å²) in [7, 11) is 0. The summed E-state index contributed by atoms with van der Waals surface area (Å²) in [6.07, 6.45) is 25.2. The fraction of sp³-hybridized carbons (Fsp3) is 0.846. The molecule has 1 rings (SSSR count). The molecule has 1 aliphatic rings. The maximum absolute atomic E-state index is 12.4. The Labute approximate surface area is 175 Å². The highest BCUT2D eigenvalue weighted by Gasteiger charge is 2.34. The third kappa shape index (κ3) is 10.6. The van der Waals surface area contributed by atoms with Crippen molar-refractivity contribution in [3.63, 3.8) is 0 Å². The minimum Gasteiger partial charge on any atom is -0.292 e. The predicted octanol–water partition coefficient (Wildman–Crippen LogP) is 8.59. The van der Waals surface area contributed by atoms with Crippen molar-refractivity contribution in [2.45, 2.75) is 137 Å². The molecular weight excluding hydrogens is 342 g/mol. The van der Waals surface area contributed by atoms with Crippen LogP contribution >= 0.6 is 0 Å². The van der Waals surface area contributed by atoms with Crippen LogP contribution in [0.5, 0.6) is 0 Å². The maximum Gasteiger partial charge on any atom is 0.186 e. The summed E-state index contributed by atoms with van der Waals surface area (Å²) in [6.45, 7) is 8.23. The smallest absolute Gasteiger partial charge is 0.186 e. The zero-order valence-corrected chi connectivity index (χ0v) is 19.5. The van der Waals surface area contributed by atoms with E-state index in [0.29, 0.717) is 5.71 Å². The minimum absolute atomic E-state index is 0.221. The summed E-state index contributed by atoms with van der Waals surface area (Å²) in [4.78, 5) is 16.7. The van der Waals surface area contributed by atoms with Gasteiger partial charge in [0.2, 0.25) is 0 Å². The first-order valence-corrected chi connectivity index (χ1v) is 12.3. The lowest BCUT2D eigenvalue weighted by atomic mass is 9.77. The molecule has 0 saturated heterocycles. The van der Waals surface area contributed by atoms with E-state index < -0.39 is 0 Å². The molecule has 0 aromatic carbocycles. The van der Waals surface area contributed by atoms with Crippen LogP contribution in [-0.4, -0.2) is 11.5 Å². The van der Waals surface area contributed by atoms with Crippen LogP contribution in [0.25, 0.3) is 0 Å². The van der Waals surface area contributed by atoms with Crippen LogP contribution < -0.4 is 0 Å². The fourth-order valence-corrected chi connectivity index (χ4v) is 4.51. The number of hydrogen-bond donors (Lipinski definition) is 0. The normalized spacial score (nSPS) is 19.6. The third-order valence-corrected chi connectivity index (χ3v) is 6.27. The monoisotopic (exact) mass is 389 g/mol. The largest absolute Gasteiger partial charge is 0.292 e. The number of carbonyl (C=O) groups excluding carboxylic acids is 1. The Hall–Kier alpha value is -0.920. The van der Waals surface area contributed by atoms with E-state index in [1.54, 1.807) is 0 Å². The molecule has 0 N–H and O–H groups in total. The SMILES string of the molecule is CCCCCCCCCCCCCCCCCCC1(C)C=C(C)N=C(C)C1=O. The average Bonchev–Trinajstić information content (AvgIpc) is 2.65. The summed E-state index contributed by atoms with van der Waals surface area (Å²) in [5, 5.41) is 0. The molecule has 2 heteroatoms. The number of carbonyl (C=O) groups is 1. The second-order valence-corrected chi connectivity index (χ2v) is 9.28. The molecule has 0 saturated carbocycles. The molecule has 0 fully saturated rings. The van der Waals surface area contributed by atoms with Crippen LogP contribution in [0.4, 0.5) is 0 Å². The molecule has 1 atom stereocenters. The van der Waals surface area contributed by atoms with Gasteiger partial charge in [0.05, 0.1) is 11.1 Å². The van der Waals surface area contributed by atoms with Crippen molar-refractivity contribution in [3.8, 4) is 0 Å². The highest BCUT2D eigenvalue weighted by Crippen LogP contribution is 2.32. The van der Waals surface area contributed by atoms with Gasteiger partial charge in [-0.05, 0) is 33.3 Å². The molecule has 0 amide bonds. The van der Waals surface area contributed by atoms with Crippen molar-refractivity contribution >= 4 is 11.5 Å². The van der Waals surface area contributed by atoms with E-state index in [0.717, 1.165) is 18.5 Å². The molecule has 0 aromatic heterocycles. The Morgan fingerprint density at radius 3 is 1.54 bits per heavy atom. The van der Waals surface area contributed by atoms with Gasteiger partial charge < -0.3 is 0 Å². The number of ketones is 1. The number of Topliss-reactive ketones (excluding diaryl/α,β-unsaturated/α-hetero) is 1. The van der Waals surface area contributed by atoms with E-state index in [1.165, 1.54) is 96.3 Å². The molecule has 1 heterocycles. The standard InChI is InChI=1S/C26H47NO/c1-5-6-7-8-9-10-11-12-13-14-15-16-17-18-19-20-21-26(4)22-23(2)27-24(3)25(26)28/h22H,5-21H2,1-4H3. The first-order chi connectivity index (χ1) is 13.5. The van der Waals surface area contributed by atoms with Crippen molar-refractivity contribution in [2.24, 2.45) is 10.4 Å². The van der Waals surface area contributed by atoms with Crippen molar-refractivity contribution in [3.05, 3.63) is 11.8 Å². The Bertz CT molecular complexity index is 491. The number of unbranched alkanes of at least 4 members (excludes halogenated alkanes) is 15. The highest BCUT2D eigenvalue weighted by molar-refractivity contribution is 6.41. The molecule has 2 nitrogen and oxygen atoms in total. The summed E-state index contributed by atoms with van der Waals surface area (Å²) in [5.41, 5.74) is 1.36. The summed E-state index contributed by atoms with van der Waals surface area (Å²) < 4.78 is 0. The molecule has 0 bridgehead atoms. The minimum atomic E-state index is -0.314. The summed E-state index contributed by atoms with van der Waals surface area (Å²) >= 11 is 0. The van der Waals surface area contributed by atoms with Gasteiger partial charge in [-0.1, -0.05) is 110 Å².